The van der Waals surface area contributed by atoms with Gasteiger partial charge in [-0.05, 0) is 73.7 Å². The van der Waals surface area contributed by atoms with Crippen LogP contribution in [0.4, 0.5) is 5.69 Å². The number of aliphatic imine (C=N–C) groups is 1. The highest BCUT2D eigenvalue weighted by atomic mass is 32.1. The first-order chi connectivity index (χ1) is 22.5. The molecule has 7 aromatic rings. The van der Waals surface area contributed by atoms with Gasteiger partial charge in [0.25, 0.3) is 0 Å². The fraction of sp³-hybridized carbons (Fsp3) is 0.182. The van der Waals surface area contributed by atoms with Gasteiger partial charge in [0, 0.05) is 22.9 Å². The molecule has 0 radical (unpaired) electrons. The van der Waals surface area contributed by atoms with Crippen LogP contribution in [-0.4, -0.2) is 11.2 Å². The lowest BCUT2D eigenvalue weighted by Crippen LogP contribution is -2.11. The fourth-order valence-corrected chi connectivity index (χ4v) is 7.14. The Kier molecular flexibility index (Phi) is 7.90. The zero-order chi connectivity index (χ0) is 32.8. The maximum Gasteiger partial charge on any atom is 0.126 e. The number of thiazole rings is 1. The van der Waals surface area contributed by atoms with Gasteiger partial charge in [0.15, 0.2) is 0 Å². The number of aromatic nitrogens is 1. The maximum absolute atomic E-state index is 5.31. The van der Waals surface area contributed by atoms with Crippen LogP contribution < -0.4 is 0 Å². The second kappa shape index (κ2) is 12.1. The molecule has 232 valence electrons. The zero-order valence-corrected chi connectivity index (χ0v) is 28.8. The Morgan fingerprint density at radius 1 is 0.574 bits per heavy atom. The third kappa shape index (κ3) is 6.28. The van der Waals surface area contributed by atoms with Crippen LogP contribution >= 0.6 is 11.3 Å². The first kappa shape index (κ1) is 30.8. The van der Waals surface area contributed by atoms with Gasteiger partial charge in [-0.1, -0.05) is 145 Å². The van der Waals surface area contributed by atoms with E-state index in [1.807, 2.05) is 6.21 Å². The van der Waals surface area contributed by atoms with Gasteiger partial charge in [-0.2, -0.15) is 0 Å². The molecule has 1 aromatic heterocycles. The molecule has 7 rings (SSSR count). The van der Waals surface area contributed by atoms with E-state index in [9.17, 15) is 0 Å². The first-order valence-corrected chi connectivity index (χ1v) is 17.1. The average molecular weight is 629 g/mol. The molecule has 0 bridgehead atoms. The highest BCUT2D eigenvalue weighted by molar-refractivity contribution is 7.21. The summed E-state index contributed by atoms with van der Waals surface area (Å²) in [6, 6.07) is 45.7. The monoisotopic (exact) mass is 628 g/mol. The molecule has 0 spiro atoms. The third-order valence-corrected chi connectivity index (χ3v) is 9.95. The largest absolute Gasteiger partial charge is 0.256 e. The molecule has 0 aliphatic rings. The van der Waals surface area contributed by atoms with Gasteiger partial charge in [-0.15, -0.1) is 11.3 Å². The maximum atomic E-state index is 5.31. The standard InChI is InChI=1S/C44H40N2S/c1-43(2,3)34-17-12-15-32(25-34)29-21-23-31(24-22-29)38-26-35(44(4,5)6)27-40-41(38)46-42(47-40)37-19-9-10-20-39(37)45-28-33-16-11-14-30-13-7-8-18-36(30)33/h7-28H,1-6H3. The molecule has 6 aromatic carbocycles. The van der Waals surface area contributed by atoms with E-state index in [2.05, 4.69) is 169 Å². The zero-order valence-electron chi connectivity index (χ0n) is 28.0. The molecule has 0 fully saturated rings. The van der Waals surface area contributed by atoms with Crippen molar-refractivity contribution in [3.05, 3.63) is 144 Å². The van der Waals surface area contributed by atoms with Gasteiger partial charge < -0.3 is 0 Å². The molecule has 47 heavy (non-hydrogen) atoms. The van der Waals surface area contributed by atoms with Crippen LogP contribution in [-0.2, 0) is 10.8 Å². The van der Waals surface area contributed by atoms with Crippen molar-refractivity contribution in [1.29, 1.82) is 0 Å². The van der Waals surface area contributed by atoms with Gasteiger partial charge >= 0.3 is 0 Å². The summed E-state index contributed by atoms with van der Waals surface area (Å²) in [4.78, 5) is 10.3. The summed E-state index contributed by atoms with van der Waals surface area (Å²) in [6.45, 7) is 13.6. The summed E-state index contributed by atoms with van der Waals surface area (Å²) in [5, 5.41) is 3.39. The highest BCUT2D eigenvalue weighted by Gasteiger charge is 2.21. The summed E-state index contributed by atoms with van der Waals surface area (Å²) in [5.41, 5.74) is 11.7. The molecule has 1 heterocycles. The van der Waals surface area contributed by atoms with Crippen molar-refractivity contribution in [2.45, 2.75) is 52.4 Å². The van der Waals surface area contributed by atoms with Crippen LogP contribution in [0.1, 0.15) is 58.2 Å². The van der Waals surface area contributed by atoms with E-state index in [4.69, 9.17) is 9.98 Å². The number of hydrogen-bond acceptors (Lipinski definition) is 3. The van der Waals surface area contributed by atoms with Gasteiger partial charge in [0.2, 0.25) is 0 Å². The summed E-state index contributed by atoms with van der Waals surface area (Å²) >= 11 is 1.75. The number of hydrogen-bond donors (Lipinski definition) is 0. The van der Waals surface area contributed by atoms with E-state index in [1.165, 1.54) is 48.9 Å². The van der Waals surface area contributed by atoms with E-state index in [0.29, 0.717) is 0 Å². The molecular formula is C44H40N2S. The predicted molar refractivity (Wildman–Crippen MR) is 205 cm³/mol. The molecule has 0 atom stereocenters. The van der Waals surface area contributed by atoms with Crippen molar-refractivity contribution in [3.63, 3.8) is 0 Å². The van der Waals surface area contributed by atoms with E-state index in [0.717, 1.165) is 27.3 Å². The van der Waals surface area contributed by atoms with Crippen molar-refractivity contribution in [2.24, 2.45) is 4.99 Å². The molecule has 3 heteroatoms. The predicted octanol–water partition coefficient (Wildman–Crippen LogP) is 12.8. The number of rotatable bonds is 5. The van der Waals surface area contributed by atoms with Crippen molar-refractivity contribution < 1.29 is 0 Å². The Morgan fingerprint density at radius 3 is 2.04 bits per heavy atom. The molecule has 0 amide bonds. The molecular weight excluding hydrogens is 589 g/mol. The summed E-state index contributed by atoms with van der Waals surface area (Å²) < 4.78 is 1.19. The second-order valence-corrected chi connectivity index (χ2v) is 15.4. The Labute approximate surface area is 282 Å². The highest BCUT2D eigenvalue weighted by Crippen LogP contribution is 2.42. The number of para-hydroxylation sites is 1. The molecule has 0 aliphatic heterocycles. The fourth-order valence-electron chi connectivity index (χ4n) is 6.07. The number of benzene rings is 6. The van der Waals surface area contributed by atoms with Gasteiger partial charge in [-0.3, -0.25) is 4.99 Å². The minimum absolute atomic E-state index is 0.00108. The van der Waals surface area contributed by atoms with Gasteiger partial charge in [0.1, 0.15) is 5.01 Å². The third-order valence-electron chi connectivity index (χ3n) is 8.92. The first-order valence-electron chi connectivity index (χ1n) is 16.3. The molecule has 0 N–H and O–H groups in total. The smallest absolute Gasteiger partial charge is 0.126 e. The van der Waals surface area contributed by atoms with Crippen LogP contribution in [0.15, 0.2) is 132 Å². The van der Waals surface area contributed by atoms with E-state index in [-0.39, 0.29) is 10.8 Å². The van der Waals surface area contributed by atoms with Crippen LogP contribution in [0.5, 0.6) is 0 Å². The van der Waals surface area contributed by atoms with Crippen LogP contribution in [0, 0.1) is 0 Å². The van der Waals surface area contributed by atoms with Crippen molar-refractivity contribution >= 4 is 44.2 Å². The normalized spacial score (nSPS) is 12.4. The lowest BCUT2D eigenvalue weighted by atomic mass is 9.84. The molecule has 0 aliphatic carbocycles. The summed E-state index contributed by atoms with van der Waals surface area (Å²) in [7, 11) is 0. The van der Waals surface area contributed by atoms with Gasteiger partial charge in [-0.25, -0.2) is 4.98 Å². The Morgan fingerprint density at radius 2 is 1.26 bits per heavy atom. The lowest BCUT2D eigenvalue weighted by Gasteiger charge is -2.21. The van der Waals surface area contributed by atoms with E-state index in [1.54, 1.807) is 11.3 Å². The quantitative estimate of drug-likeness (QED) is 0.174. The van der Waals surface area contributed by atoms with Crippen LogP contribution in [0.25, 0.3) is 53.8 Å². The van der Waals surface area contributed by atoms with Gasteiger partial charge in [0.05, 0.1) is 15.9 Å². The van der Waals surface area contributed by atoms with E-state index < -0.39 is 0 Å². The van der Waals surface area contributed by atoms with Crippen molar-refractivity contribution in [3.8, 4) is 32.8 Å². The number of nitrogens with zero attached hydrogens (tertiary/aromatic N) is 2. The number of fused-ring (bicyclic) bond motifs is 2. The molecule has 0 saturated heterocycles. The lowest BCUT2D eigenvalue weighted by molar-refractivity contribution is 0.590. The SMILES string of the molecule is CC(C)(C)c1cccc(-c2ccc(-c3cc(C(C)(C)C)cc4sc(-c5ccccc5N=Cc5cccc6ccccc56)nc34)cc2)c1. The minimum Gasteiger partial charge on any atom is -0.256 e. The second-order valence-electron chi connectivity index (χ2n) is 14.4. The minimum atomic E-state index is 0.00108. The van der Waals surface area contributed by atoms with Crippen LogP contribution in [0.3, 0.4) is 0 Å². The summed E-state index contributed by atoms with van der Waals surface area (Å²) in [5.74, 6) is 0. The average Bonchev–Trinajstić information content (AvgIpc) is 3.51. The van der Waals surface area contributed by atoms with Crippen molar-refractivity contribution in [1.82, 2.24) is 4.98 Å². The Balaban J connectivity index is 1.30. The Bertz CT molecular complexity index is 2250. The van der Waals surface area contributed by atoms with E-state index >= 15 is 0 Å². The van der Waals surface area contributed by atoms with Crippen molar-refractivity contribution in [2.75, 3.05) is 0 Å². The van der Waals surface area contributed by atoms with Crippen LogP contribution in [0.2, 0.25) is 0 Å². The topological polar surface area (TPSA) is 25.2 Å². The summed E-state index contributed by atoms with van der Waals surface area (Å²) in [6.07, 6.45) is 1.98. The molecule has 2 nitrogen and oxygen atoms in total. The molecule has 0 saturated carbocycles. The Hall–Kier alpha value is -4.86. The molecule has 0 unspecified atom stereocenters.